The number of hydrogen-bond acceptors (Lipinski definition) is 1. The van der Waals surface area contributed by atoms with Crippen LogP contribution in [0.25, 0.3) is 6.08 Å². The highest BCUT2D eigenvalue weighted by molar-refractivity contribution is 5.51. The van der Waals surface area contributed by atoms with Crippen LogP contribution in [0, 0.1) is 16.6 Å². The predicted molar refractivity (Wildman–Crippen MR) is 65.3 cm³/mol. The van der Waals surface area contributed by atoms with Gasteiger partial charge in [0.05, 0.1) is 0 Å². The molecular formula is C14H18FN. The van der Waals surface area contributed by atoms with Crippen LogP contribution < -0.4 is 5.73 Å². The molecule has 1 atom stereocenters. The Labute approximate surface area is 96.2 Å². The van der Waals surface area contributed by atoms with Crippen molar-refractivity contribution in [3.63, 3.8) is 0 Å². The van der Waals surface area contributed by atoms with Gasteiger partial charge < -0.3 is 5.73 Å². The first-order valence-corrected chi connectivity index (χ1v) is 5.64. The zero-order valence-electron chi connectivity index (χ0n) is 9.83. The number of halogens is 1. The van der Waals surface area contributed by atoms with E-state index in [-0.39, 0.29) is 11.2 Å². The van der Waals surface area contributed by atoms with Gasteiger partial charge in [0.1, 0.15) is 5.82 Å². The van der Waals surface area contributed by atoms with Crippen LogP contribution in [0.15, 0.2) is 30.3 Å². The third-order valence-electron chi connectivity index (χ3n) is 3.81. The third kappa shape index (κ3) is 1.90. The minimum absolute atomic E-state index is 0.140. The van der Waals surface area contributed by atoms with Crippen molar-refractivity contribution in [1.29, 1.82) is 0 Å². The molecule has 1 unspecified atom stereocenters. The topological polar surface area (TPSA) is 26.0 Å². The van der Waals surface area contributed by atoms with Gasteiger partial charge in [-0.25, -0.2) is 4.39 Å². The van der Waals surface area contributed by atoms with E-state index in [0.29, 0.717) is 12.0 Å². The van der Waals surface area contributed by atoms with Gasteiger partial charge in [-0.2, -0.15) is 0 Å². The quantitative estimate of drug-likeness (QED) is 0.830. The van der Waals surface area contributed by atoms with Crippen molar-refractivity contribution in [2.24, 2.45) is 16.6 Å². The molecule has 1 aromatic rings. The van der Waals surface area contributed by atoms with E-state index >= 15 is 0 Å². The lowest BCUT2D eigenvalue weighted by Gasteiger charge is -2.13. The van der Waals surface area contributed by atoms with Crippen molar-refractivity contribution in [2.75, 3.05) is 6.54 Å². The lowest BCUT2D eigenvalue weighted by Crippen LogP contribution is -2.18. The smallest absolute Gasteiger partial charge is 0.123 e. The molecule has 1 aromatic carbocycles. The molecule has 1 aliphatic rings. The second-order valence-corrected chi connectivity index (χ2v) is 5.31. The Bertz CT molecular complexity index is 405. The van der Waals surface area contributed by atoms with Crippen LogP contribution in [0.3, 0.4) is 0 Å². The maximum atomic E-state index is 12.7. The van der Waals surface area contributed by atoms with E-state index in [1.807, 2.05) is 6.08 Å². The van der Waals surface area contributed by atoms with Crippen LogP contribution in [-0.4, -0.2) is 6.54 Å². The molecule has 0 aromatic heterocycles. The van der Waals surface area contributed by atoms with E-state index in [1.54, 1.807) is 12.1 Å². The van der Waals surface area contributed by atoms with Crippen LogP contribution in [0.1, 0.15) is 25.8 Å². The van der Waals surface area contributed by atoms with E-state index in [0.717, 1.165) is 12.0 Å². The molecule has 0 heterocycles. The lowest BCUT2D eigenvalue weighted by molar-refractivity contribution is 0.476. The van der Waals surface area contributed by atoms with Crippen LogP contribution in [-0.2, 0) is 0 Å². The number of nitrogens with two attached hydrogens (primary N) is 1. The summed E-state index contributed by atoms with van der Waals surface area (Å²) in [5.41, 5.74) is 7.29. The van der Waals surface area contributed by atoms with E-state index in [4.69, 9.17) is 5.73 Å². The van der Waals surface area contributed by atoms with Gasteiger partial charge in [-0.1, -0.05) is 38.1 Å². The number of benzene rings is 1. The summed E-state index contributed by atoms with van der Waals surface area (Å²) in [4.78, 5) is 0. The standard InChI is InChI=1S/C14H18FN/c1-13(2)9-14(13,10-16)8-7-11-3-5-12(15)6-4-11/h3-8H,9-10,16H2,1-2H3/b8-7+. The molecule has 1 saturated carbocycles. The summed E-state index contributed by atoms with van der Waals surface area (Å²) in [5, 5.41) is 0. The minimum atomic E-state index is -0.197. The van der Waals surface area contributed by atoms with Gasteiger partial charge in [-0.3, -0.25) is 0 Å². The summed E-state index contributed by atoms with van der Waals surface area (Å²) in [6.07, 6.45) is 5.36. The van der Waals surface area contributed by atoms with Crippen molar-refractivity contribution in [1.82, 2.24) is 0 Å². The molecule has 2 rings (SSSR count). The van der Waals surface area contributed by atoms with Gasteiger partial charge in [0, 0.05) is 12.0 Å². The Morgan fingerprint density at radius 3 is 2.31 bits per heavy atom. The second-order valence-electron chi connectivity index (χ2n) is 5.31. The molecular weight excluding hydrogens is 201 g/mol. The molecule has 1 nitrogen and oxygen atoms in total. The van der Waals surface area contributed by atoms with E-state index in [9.17, 15) is 4.39 Å². The Balaban J connectivity index is 2.13. The van der Waals surface area contributed by atoms with Crippen molar-refractivity contribution in [3.05, 3.63) is 41.7 Å². The first-order chi connectivity index (χ1) is 7.49. The van der Waals surface area contributed by atoms with Gasteiger partial charge in [0.25, 0.3) is 0 Å². The Morgan fingerprint density at radius 2 is 1.88 bits per heavy atom. The zero-order valence-corrected chi connectivity index (χ0v) is 9.83. The molecule has 0 aliphatic heterocycles. The van der Waals surface area contributed by atoms with Crippen LogP contribution >= 0.6 is 0 Å². The molecule has 0 amide bonds. The fourth-order valence-electron chi connectivity index (χ4n) is 2.28. The molecule has 1 fully saturated rings. The molecule has 0 bridgehead atoms. The Morgan fingerprint density at radius 1 is 1.31 bits per heavy atom. The molecule has 1 aliphatic carbocycles. The fourth-order valence-corrected chi connectivity index (χ4v) is 2.28. The third-order valence-corrected chi connectivity index (χ3v) is 3.81. The molecule has 0 radical (unpaired) electrons. The highest BCUT2D eigenvalue weighted by Crippen LogP contribution is 2.63. The maximum absolute atomic E-state index is 12.7. The summed E-state index contributed by atoms with van der Waals surface area (Å²) in [7, 11) is 0. The predicted octanol–water partition coefficient (Wildman–Crippen LogP) is 3.21. The van der Waals surface area contributed by atoms with Gasteiger partial charge in [-0.15, -0.1) is 0 Å². The monoisotopic (exact) mass is 219 g/mol. The summed E-state index contributed by atoms with van der Waals surface area (Å²) >= 11 is 0. The SMILES string of the molecule is CC1(C)CC1(/C=C/c1ccc(F)cc1)CN. The van der Waals surface area contributed by atoms with E-state index in [1.165, 1.54) is 12.1 Å². The summed E-state index contributed by atoms with van der Waals surface area (Å²) in [6, 6.07) is 6.52. The molecule has 2 N–H and O–H groups in total. The van der Waals surface area contributed by atoms with Gasteiger partial charge in [-0.05, 0) is 29.5 Å². The summed E-state index contributed by atoms with van der Waals surface area (Å²) in [5.74, 6) is -0.197. The van der Waals surface area contributed by atoms with Crippen molar-refractivity contribution >= 4 is 6.08 Å². The average Bonchev–Trinajstić information content (AvgIpc) is 2.81. The maximum Gasteiger partial charge on any atom is 0.123 e. The highest BCUT2D eigenvalue weighted by Gasteiger charge is 2.58. The minimum Gasteiger partial charge on any atom is -0.330 e. The molecule has 16 heavy (non-hydrogen) atoms. The summed E-state index contributed by atoms with van der Waals surface area (Å²) < 4.78 is 12.7. The van der Waals surface area contributed by atoms with Crippen molar-refractivity contribution in [3.8, 4) is 0 Å². The first-order valence-electron chi connectivity index (χ1n) is 5.64. The first kappa shape index (κ1) is 11.3. The molecule has 2 heteroatoms. The van der Waals surface area contributed by atoms with Crippen molar-refractivity contribution < 1.29 is 4.39 Å². The van der Waals surface area contributed by atoms with Gasteiger partial charge >= 0.3 is 0 Å². The Kier molecular flexibility index (Phi) is 2.62. The van der Waals surface area contributed by atoms with E-state index in [2.05, 4.69) is 19.9 Å². The Hall–Kier alpha value is -1.15. The molecule has 86 valence electrons. The average molecular weight is 219 g/mol. The summed E-state index contributed by atoms with van der Waals surface area (Å²) in [6.45, 7) is 5.14. The highest BCUT2D eigenvalue weighted by atomic mass is 19.1. The molecule has 0 saturated heterocycles. The largest absolute Gasteiger partial charge is 0.330 e. The van der Waals surface area contributed by atoms with Crippen LogP contribution in [0.4, 0.5) is 4.39 Å². The molecule has 0 spiro atoms. The van der Waals surface area contributed by atoms with Crippen LogP contribution in [0.2, 0.25) is 0 Å². The zero-order chi connectivity index (χ0) is 11.8. The number of hydrogen-bond donors (Lipinski definition) is 1. The number of rotatable bonds is 3. The lowest BCUT2D eigenvalue weighted by atomic mass is 9.95. The normalized spacial score (nSPS) is 27.2. The van der Waals surface area contributed by atoms with E-state index < -0.39 is 0 Å². The van der Waals surface area contributed by atoms with Crippen LogP contribution in [0.5, 0.6) is 0 Å². The second kappa shape index (κ2) is 3.70. The van der Waals surface area contributed by atoms with Gasteiger partial charge in [0.2, 0.25) is 0 Å². The fraction of sp³-hybridized carbons (Fsp3) is 0.429. The van der Waals surface area contributed by atoms with Gasteiger partial charge in [0.15, 0.2) is 0 Å². The van der Waals surface area contributed by atoms with Crippen molar-refractivity contribution in [2.45, 2.75) is 20.3 Å².